The molecule has 0 heterocycles. The fourth-order valence-electron chi connectivity index (χ4n) is 2.16. The lowest BCUT2D eigenvalue weighted by Crippen LogP contribution is -2.26. The van der Waals surface area contributed by atoms with Crippen molar-refractivity contribution in [2.75, 3.05) is 6.54 Å². The van der Waals surface area contributed by atoms with Crippen LogP contribution < -0.4 is 5.32 Å². The van der Waals surface area contributed by atoms with Crippen molar-refractivity contribution < 1.29 is 5.11 Å². The number of hydrogen-bond acceptors (Lipinski definition) is 2. The molecule has 1 rings (SSSR count). The number of benzene rings is 1. The lowest BCUT2D eigenvalue weighted by atomic mass is 10.00. The zero-order valence-corrected chi connectivity index (χ0v) is 13.1. The second kappa shape index (κ2) is 7.80. The van der Waals surface area contributed by atoms with E-state index in [1.807, 2.05) is 12.1 Å². The molecule has 1 unspecified atom stereocenters. The standard InChI is InChI=1S/C15H24BrNO/c1-4-11(5-2)10-17-14(6-3)13-9-12(16)7-8-15(13)18/h7-9,11,14,17-18H,4-6,10H2,1-3H3. The number of hydrogen-bond donors (Lipinski definition) is 2. The second-order valence-electron chi connectivity index (χ2n) is 4.75. The van der Waals surface area contributed by atoms with Crippen LogP contribution in [0.4, 0.5) is 0 Å². The Hall–Kier alpha value is -0.540. The molecule has 0 radical (unpaired) electrons. The van der Waals surface area contributed by atoms with Gasteiger partial charge >= 0.3 is 0 Å². The van der Waals surface area contributed by atoms with Gasteiger partial charge in [-0.05, 0) is 37.1 Å². The van der Waals surface area contributed by atoms with E-state index in [1.54, 1.807) is 6.07 Å². The van der Waals surface area contributed by atoms with E-state index in [9.17, 15) is 5.11 Å². The maximum absolute atomic E-state index is 9.96. The highest BCUT2D eigenvalue weighted by molar-refractivity contribution is 9.10. The van der Waals surface area contributed by atoms with E-state index >= 15 is 0 Å². The number of phenolic OH excluding ortho intramolecular Hbond substituents is 1. The predicted octanol–water partition coefficient (Wildman–Crippen LogP) is 4.63. The third-order valence-electron chi connectivity index (χ3n) is 3.58. The topological polar surface area (TPSA) is 32.3 Å². The summed E-state index contributed by atoms with van der Waals surface area (Å²) >= 11 is 3.46. The predicted molar refractivity (Wildman–Crippen MR) is 80.9 cm³/mol. The summed E-state index contributed by atoms with van der Waals surface area (Å²) in [7, 11) is 0. The maximum Gasteiger partial charge on any atom is 0.120 e. The Balaban J connectivity index is 2.73. The van der Waals surface area contributed by atoms with Crippen molar-refractivity contribution in [1.29, 1.82) is 0 Å². The van der Waals surface area contributed by atoms with Gasteiger partial charge in [-0.25, -0.2) is 0 Å². The zero-order chi connectivity index (χ0) is 13.5. The Morgan fingerprint density at radius 1 is 1.17 bits per heavy atom. The third-order valence-corrected chi connectivity index (χ3v) is 4.07. The van der Waals surface area contributed by atoms with Gasteiger partial charge in [0.1, 0.15) is 5.75 Å². The molecule has 0 aromatic heterocycles. The molecule has 0 saturated carbocycles. The summed E-state index contributed by atoms with van der Waals surface area (Å²) in [6.45, 7) is 7.61. The van der Waals surface area contributed by atoms with Crippen molar-refractivity contribution in [3.05, 3.63) is 28.2 Å². The van der Waals surface area contributed by atoms with Gasteiger partial charge in [-0.15, -0.1) is 0 Å². The van der Waals surface area contributed by atoms with E-state index in [-0.39, 0.29) is 6.04 Å². The molecule has 0 fully saturated rings. The molecule has 0 saturated heterocycles. The molecule has 0 aliphatic rings. The average Bonchev–Trinajstić information content (AvgIpc) is 2.38. The minimum atomic E-state index is 0.225. The quantitative estimate of drug-likeness (QED) is 0.769. The van der Waals surface area contributed by atoms with Crippen molar-refractivity contribution in [1.82, 2.24) is 5.32 Å². The minimum Gasteiger partial charge on any atom is -0.508 e. The van der Waals surface area contributed by atoms with Crippen LogP contribution in [0.5, 0.6) is 5.75 Å². The molecule has 2 N–H and O–H groups in total. The summed E-state index contributed by atoms with van der Waals surface area (Å²) in [6.07, 6.45) is 3.37. The normalized spacial score (nSPS) is 12.9. The van der Waals surface area contributed by atoms with Crippen LogP contribution in [0.25, 0.3) is 0 Å². The first kappa shape index (κ1) is 15.5. The number of nitrogens with one attached hydrogen (secondary N) is 1. The molecule has 0 amide bonds. The summed E-state index contributed by atoms with van der Waals surface area (Å²) < 4.78 is 1.01. The first-order valence-corrected chi connectivity index (χ1v) is 7.63. The van der Waals surface area contributed by atoms with Gasteiger partial charge in [0.2, 0.25) is 0 Å². The lowest BCUT2D eigenvalue weighted by molar-refractivity contribution is 0.393. The Morgan fingerprint density at radius 3 is 2.39 bits per heavy atom. The van der Waals surface area contributed by atoms with Crippen LogP contribution in [0.2, 0.25) is 0 Å². The average molecular weight is 314 g/mol. The van der Waals surface area contributed by atoms with E-state index in [1.165, 1.54) is 12.8 Å². The van der Waals surface area contributed by atoms with Crippen molar-refractivity contribution in [3.8, 4) is 5.75 Å². The lowest BCUT2D eigenvalue weighted by Gasteiger charge is -2.22. The first-order chi connectivity index (χ1) is 8.62. The van der Waals surface area contributed by atoms with Crippen LogP contribution in [0.3, 0.4) is 0 Å². The van der Waals surface area contributed by atoms with Gasteiger partial charge in [-0.3, -0.25) is 0 Å². The van der Waals surface area contributed by atoms with Crippen molar-refractivity contribution in [3.63, 3.8) is 0 Å². The maximum atomic E-state index is 9.96. The van der Waals surface area contributed by atoms with Gasteiger partial charge in [0, 0.05) is 16.1 Å². The van der Waals surface area contributed by atoms with Gasteiger partial charge in [0.25, 0.3) is 0 Å². The van der Waals surface area contributed by atoms with E-state index in [4.69, 9.17) is 0 Å². The largest absolute Gasteiger partial charge is 0.508 e. The molecule has 0 aliphatic carbocycles. The van der Waals surface area contributed by atoms with Crippen LogP contribution in [0, 0.1) is 5.92 Å². The number of aromatic hydroxyl groups is 1. The molecule has 0 aliphatic heterocycles. The van der Waals surface area contributed by atoms with E-state index in [0.29, 0.717) is 11.7 Å². The monoisotopic (exact) mass is 313 g/mol. The number of halogens is 1. The minimum absolute atomic E-state index is 0.225. The molecule has 0 bridgehead atoms. The Morgan fingerprint density at radius 2 is 1.83 bits per heavy atom. The van der Waals surface area contributed by atoms with E-state index in [0.717, 1.165) is 23.0 Å². The molecule has 3 heteroatoms. The SMILES string of the molecule is CCC(CC)CNC(CC)c1cc(Br)ccc1O. The van der Waals surface area contributed by atoms with E-state index in [2.05, 4.69) is 42.0 Å². The molecule has 102 valence electrons. The first-order valence-electron chi connectivity index (χ1n) is 6.84. The molecule has 0 spiro atoms. The van der Waals surface area contributed by atoms with Crippen LogP contribution in [0.1, 0.15) is 51.6 Å². The van der Waals surface area contributed by atoms with Crippen LogP contribution in [-0.2, 0) is 0 Å². The van der Waals surface area contributed by atoms with Gasteiger partial charge in [0.15, 0.2) is 0 Å². The molecular formula is C15H24BrNO. The summed E-state index contributed by atoms with van der Waals surface area (Å²) in [5.74, 6) is 1.09. The summed E-state index contributed by atoms with van der Waals surface area (Å²) in [6, 6.07) is 5.85. The summed E-state index contributed by atoms with van der Waals surface area (Å²) in [5, 5.41) is 13.5. The van der Waals surface area contributed by atoms with Crippen LogP contribution in [-0.4, -0.2) is 11.7 Å². The molecule has 2 nitrogen and oxygen atoms in total. The Bertz CT molecular complexity index is 364. The number of rotatable bonds is 7. The van der Waals surface area contributed by atoms with Crippen molar-refractivity contribution in [2.24, 2.45) is 5.92 Å². The molecule has 1 atom stereocenters. The molecule has 1 aromatic rings. The highest BCUT2D eigenvalue weighted by Gasteiger charge is 2.15. The third kappa shape index (κ3) is 4.29. The summed E-state index contributed by atoms with van der Waals surface area (Å²) in [4.78, 5) is 0. The van der Waals surface area contributed by atoms with Gasteiger partial charge < -0.3 is 10.4 Å². The van der Waals surface area contributed by atoms with Crippen molar-refractivity contribution >= 4 is 15.9 Å². The second-order valence-corrected chi connectivity index (χ2v) is 5.67. The fourth-order valence-corrected chi connectivity index (χ4v) is 2.54. The van der Waals surface area contributed by atoms with E-state index < -0.39 is 0 Å². The van der Waals surface area contributed by atoms with Crippen LogP contribution >= 0.6 is 15.9 Å². The molecular weight excluding hydrogens is 290 g/mol. The fraction of sp³-hybridized carbons (Fsp3) is 0.600. The highest BCUT2D eigenvalue weighted by atomic mass is 79.9. The molecule has 1 aromatic carbocycles. The number of phenols is 1. The Labute approximate surface area is 119 Å². The van der Waals surface area contributed by atoms with Gasteiger partial charge in [-0.2, -0.15) is 0 Å². The van der Waals surface area contributed by atoms with Gasteiger partial charge in [-0.1, -0.05) is 49.5 Å². The Kier molecular flexibility index (Phi) is 6.72. The highest BCUT2D eigenvalue weighted by Crippen LogP contribution is 2.29. The smallest absolute Gasteiger partial charge is 0.120 e. The summed E-state index contributed by atoms with van der Waals surface area (Å²) in [5.41, 5.74) is 0.984. The van der Waals surface area contributed by atoms with Gasteiger partial charge in [0.05, 0.1) is 0 Å². The van der Waals surface area contributed by atoms with Crippen molar-refractivity contribution in [2.45, 2.75) is 46.1 Å². The zero-order valence-electron chi connectivity index (χ0n) is 11.5. The van der Waals surface area contributed by atoms with Crippen LogP contribution in [0.15, 0.2) is 22.7 Å². The molecule has 18 heavy (non-hydrogen) atoms.